The average molecular weight is 575 g/mol. The van der Waals surface area contributed by atoms with Crippen molar-refractivity contribution in [3.63, 3.8) is 0 Å². The van der Waals surface area contributed by atoms with Crippen molar-refractivity contribution in [1.29, 1.82) is 0 Å². The smallest absolute Gasteiger partial charge is 0.220 e. The highest BCUT2D eigenvalue weighted by Crippen LogP contribution is 2.24. The zero-order chi connectivity index (χ0) is 22.6. The highest BCUT2D eigenvalue weighted by atomic mass is 127. The number of halogens is 1. The molecule has 2 aliphatic heterocycles. The average Bonchev–Trinajstić information content (AvgIpc) is 3.33. The van der Waals surface area contributed by atoms with E-state index >= 15 is 0 Å². The van der Waals surface area contributed by atoms with Gasteiger partial charge in [-0.3, -0.25) is 4.79 Å². The number of piperidine rings is 1. The zero-order valence-electron chi connectivity index (χ0n) is 19.6. The molecule has 4 N–H and O–H groups in total. The highest BCUT2D eigenvalue weighted by molar-refractivity contribution is 14.0. The van der Waals surface area contributed by atoms with Crippen molar-refractivity contribution >= 4 is 41.7 Å². The number of rotatable bonds is 11. The highest BCUT2D eigenvalue weighted by Gasteiger charge is 2.24. The van der Waals surface area contributed by atoms with Gasteiger partial charge in [-0.25, -0.2) is 9.98 Å². The first-order valence-electron chi connectivity index (χ1n) is 11.8. The van der Waals surface area contributed by atoms with Gasteiger partial charge in [-0.15, -0.1) is 24.0 Å². The van der Waals surface area contributed by atoms with Gasteiger partial charge >= 0.3 is 0 Å². The molecule has 1 atom stereocenters. The largest absolute Gasteiger partial charge is 0.381 e. The summed E-state index contributed by atoms with van der Waals surface area (Å²) < 4.78 is 11.1. The first-order chi connectivity index (χ1) is 15.7. The van der Waals surface area contributed by atoms with Crippen LogP contribution in [0.2, 0.25) is 0 Å². The van der Waals surface area contributed by atoms with Gasteiger partial charge in [-0.05, 0) is 38.7 Å². The third-order valence-corrected chi connectivity index (χ3v) is 5.95. The molecule has 2 aliphatic rings. The van der Waals surface area contributed by atoms with Crippen LogP contribution in [0.25, 0.3) is 0 Å². The van der Waals surface area contributed by atoms with Crippen molar-refractivity contribution in [1.82, 2.24) is 15.6 Å². The van der Waals surface area contributed by atoms with Gasteiger partial charge in [0.2, 0.25) is 5.91 Å². The second kappa shape index (κ2) is 15.3. The molecule has 2 saturated heterocycles. The lowest BCUT2D eigenvalue weighted by atomic mass is 9.96. The molecule has 0 bridgehead atoms. The van der Waals surface area contributed by atoms with Crippen LogP contribution < -0.4 is 21.3 Å². The van der Waals surface area contributed by atoms with Crippen LogP contribution >= 0.6 is 24.0 Å². The summed E-state index contributed by atoms with van der Waals surface area (Å²) in [5.41, 5.74) is 6.54. The van der Waals surface area contributed by atoms with E-state index in [0.29, 0.717) is 12.5 Å². The fraction of sp³-hybridized carbons (Fsp3) is 0.696. The van der Waals surface area contributed by atoms with Crippen LogP contribution in [0.5, 0.6) is 0 Å². The van der Waals surface area contributed by atoms with E-state index in [0.717, 1.165) is 95.6 Å². The van der Waals surface area contributed by atoms with Gasteiger partial charge in [0.15, 0.2) is 5.96 Å². The Balaban J connectivity index is 0.00000385. The number of primary amides is 1. The fourth-order valence-corrected chi connectivity index (χ4v) is 4.07. The predicted octanol–water partition coefficient (Wildman–Crippen LogP) is 1.90. The number of nitrogens with one attached hydrogen (secondary N) is 2. The Kier molecular flexibility index (Phi) is 12.8. The molecule has 1 aromatic heterocycles. The summed E-state index contributed by atoms with van der Waals surface area (Å²) in [7, 11) is 0. The number of pyridine rings is 1. The maximum Gasteiger partial charge on any atom is 0.220 e. The molecule has 0 aromatic carbocycles. The van der Waals surface area contributed by atoms with Crippen LogP contribution in [0.15, 0.2) is 23.3 Å². The van der Waals surface area contributed by atoms with E-state index in [2.05, 4.69) is 33.5 Å². The molecule has 1 amide bonds. The fourth-order valence-electron chi connectivity index (χ4n) is 4.07. The van der Waals surface area contributed by atoms with Gasteiger partial charge in [0.1, 0.15) is 5.82 Å². The standard InChI is InChI=1S/C23H38N6O3.HI/c1-2-25-23(27-10-4-13-31-16-18-8-14-32-17-18)28-15-20-5-3-9-26-22(20)29-11-6-19(7-12-29)21(24)30;/h3,5,9,18-19H,2,4,6-8,10-17H2,1H3,(H2,24,30)(H2,25,27,28);1H. The molecule has 0 saturated carbocycles. The van der Waals surface area contributed by atoms with E-state index in [-0.39, 0.29) is 35.8 Å². The summed E-state index contributed by atoms with van der Waals surface area (Å²) >= 11 is 0. The molecule has 0 aliphatic carbocycles. The second-order valence-corrected chi connectivity index (χ2v) is 8.43. The summed E-state index contributed by atoms with van der Waals surface area (Å²) in [5.74, 6) is 2.06. The Labute approximate surface area is 214 Å². The molecule has 1 aromatic rings. The van der Waals surface area contributed by atoms with E-state index in [1.807, 2.05) is 12.3 Å². The molecule has 3 heterocycles. The minimum absolute atomic E-state index is 0. The van der Waals surface area contributed by atoms with Crippen LogP contribution in [0.1, 0.15) is 38.2 Å². The van der Waals surface area contributed by atoms with Crippen molar-refractivity contribution in [2.75, 3.05) is 57.5 Å². The number of anilines is 1. The topological polar surface area (TPSA) is 114 Å². The van der Waals surface area contributed by atoms with E-state index in [9.17, 15) is 4.79 Å². The van der Waals surface area contributed by atoms with E-state index in [1.54, 1.807) is 0 Å². The summed E-state index contributed by atoms with van der Waals surface area (Å²) in [6.45, 7) is 8.97. The summed E-state index contributed by atoms with van der Waals surface area (Å²) in [6, 6.07) is 4.01. The second-order valence-electron chi connectivity index (χ2n) is 8.43. The number of nitrogens with two attached hydrogens (primary N) is 1. The molecule has 1 unspecified atom stereocenters. The number of hydrogen-bond acceptors (Lipinski definition) is 6. The molecular formula is C23H39IN6O3. The lowest BCUT2D eigenvalue weighted by Crippen LogP contribution is -2.39. The summed E-state index contributed by atoms with van der Waals surface area (Å²) in [5, 5.41) is 6.69. The quantitative estimate of drug-likeness (QED) is 0.160. The molecule has 186 valence electrons. The minimum Gasteiger partial charge on any atom is -0.381 e. The van der Waals surface area contributed by atoms with Gasteiger partial charge in [0, 0.05) is 63.0 Å². The van der Waals surface area contributed by atoms with E-state index < -0.39 is 0 Å². The molecule has 2 fully saturated rings. The van der Waals surface area contributed by atoms with Crippen LogP contribution in [0.4, 0.5) is 5.82 Å². The number of aliphatic imine (C=N–C) groups is 1. The van der Waals surface area contributed by atoms with E-state index in [4.69, 9.17) is 20.2 Å². The summed E-state index contributed by atoms with van der Waals surface area (Å²) in [6.07, 6.45) is 5.38. The van der Waals surface area contributed by atoms with Crippen molar-refractivity contribution in [3.05, 3.63) is 23.9 Å². The number of carbonyl (C=O) groups excluding carboxylic acids is 1. The number of guanidine groups is 1. The third-order valence-electron chi connectivity index (χ3n) is 5.95. The van der Waals surface area contributed by atoms with Crippen LogP contribution in [-0.2, 0) is 20.8 Å². The van der Waals surface area contributed by atoms with Crippen LogP contribution in [0, 0.1) is 11.8 Å². The number of hydrogen-bond donors (Lipinski definition) is 3. The lowest BCUT2D eigenvalue weighted by molar-refractivity contribution is -0.122. The number of amides is 1. The lowest BCUT2D eigenvalue weighted by Gasteiger charge is -2.32. The number of nitrogens with zero attached hydrogens (tertiary/aromatic N) is 3. The molecular weight excluding hydrogens is 535 g/mol. The number of carbonyl (C=O) groups is 1. The number of aromatic nitrogens is 1. The van der Waals surface area contributed by atoms with Crippen molar-refractivity contribution < 1.29 is 14.3 Å². The van der Waals surface area contributed by atoms with Crippen molar-refractivity contribution in [2.45, 2.75) is 39.2 Å². The Morgan fingerprint density at radius 1 is 1.33 bits per heavy atom. The molecule has 10 heteroatoms. The third kappa shape index (κ3) is 9.24. The maximum absolute atomic E-state index is 11.5. The predicted molar refractivity (Wildman–Crippen MR) is 141 cm³/mol. The Bertz CT molecular complexity index is 737. The van der Waals surface area contributed by atoms with Crippen molar-refractivity contribution in [2.24, 2.45) is 22.6 Å². The molecule has 33 heavy (non-hydrogen) atoms. The first-order valence-corrected chi connectivity index (χ1v) is 11.8. The van der Waals surface area contributed by atoms with Gasteiger partial charge < -0.3 is 30.7 Å². The normalized spacial score (nSPS) is 19.2. The monoisotopic (exact) mass is 574 g/mol. The maximum atomic E-state index is 11.5. The van der Waals surface area contributed by atoms with Gasteiger partial charge in [-0.2, -0.15) is 0 Å². The molecule has 0 radical (unpaired) electrons. The Morgan fingerprint density at radius 2 is 2.15 bits per heavy atom. The molecule has 9 nitrogen and oxygen atoms in total. The van der Waals surface area contributed by atoms with Crippen molar-refractivity contribution in [3.8, 4) is 0 Å². The van der Waals surface area contributed by atoms with Gasteiger partial charge in [0.05, 0.1) is 19.8 Å². The van der Waals surface area contributed by atoms with Crippen LogP contribution in [0.3, 0.4) is 0 Å². The van der Waals surface area contributed by atoms with E-state index in [1.165, 1.54) is 0 Å². The molecule has 3 rings (SSSR count). The van der Waals surface area contributed by atoms with Gasteiger partial charge in [0.25, 0.3) is 0 Å². The first kappa shape index (κ1) is 27.6. The number of ether oxygens (including phenoxy) is 2. The SMILES string of the molecule is CCNC(=NCc1cccnc1N1CCC(C(N)=O)CC1)NCCCOCC1CCOC1.I. The zero-order valence-corrected chi connectivity index (χ0v) is 22.0. The Hall–Kier alpha value is -1.66. The Morgan fingerprint density at radius 3 is 2.85 bits per heavy atom. The molecule has 0 spiro atoms. The van der Waals surface area contributed by atoms with Crippen LogP contribution in [-0.4, -0.2) is 69.5 Å². The minimum atomic E-state index is -0.199. The summed E-state index contributed by atoms with van der Waals surface area (Å²) in [4.78, 5) is 23.0. The van der Waals surface area contributed by atoms with Gasteiger partial charge in [-0.1, -0.05) is 6.07 Å².